The molecule has 7 heteroatoms. The van der Waals surface area contributed by atoms with Crippen LogP contribution in [0.3, 0.4) is 0 Å². The highest BCUT2D eigenvalue weighted by Gasteiger charge is 2.27. The van der Waals surface area contributed by atoms with Crippen molar-refractivity contribution in [3.05, 3.63) is 23.2 Å². The van der Waals surface area contributed by atoms with E-state index < -0.39 is 5.97 Å². The van der Waals surface area contributed by atoms with Crippen molar-refractivity contribution in [1.29, 1.82) is 0 Å². The number of piperidine rings is 1. The predicted molar refractivity (Wildman–Crippen MR) is 93.4 cm³/mol. The van der Waals surface area contributed by atoms with Gasteiger partial charge in [-0.3, -0.25) is 4.79 Å². The van der Waals surface area contributed by atoms with E-state index in [-0.39, 0.29) is 11.9 Å². The molecule has 2 N–H and O–H groups in total. The molecule has 0 aromatic heterocycles. The highest BCUT2D eigenvalue weighted by atomic mass is 35.5. The van der Waals surface area contributed by atoms with Crippen molar-refractivity contribution in [3.8, 4) is 0 Å². The Balaban J connectivity index is 2.04. The Bertz CT molecular complexity index is 587. The van der Waals surface area contributed by atoms with E-state index >= 15 is 0 Å². The molecule has 1 aliphatic heterocycles. The summed E-state index contributed by atoms with van der Waals surface area (Å²) < 4.78 is 0. The molecular formula is C16H21ClN2O3S. The number of carbonyl (C=O) groups excluding carboxylic acids is 1. The maximum absolute atomic E-state index is 12.4. The molecule has 0 saturated carbocycles. The fraction of sp³-hybridized carbons (Fsp3) is 0.500. The van der Waals surface area contributed by atoms with Crippen molar-refractivity contribution in [2.24, 2.45) is 5.92 Å². The van der Waals surface area contributed by atoms with Crippen LogP contribution >= 0.6 is 23.4 Å². The van der Waals surface area contributed by atoms with Crippen LogP contribution in [0.25, 0.3) is 0 Å². The smallest absolute Gasteiger partial charge is 0.321 e. The van der Waals surface area contributed by atoms with Crippen LogP contribution in [0.5, 0.6) is 0 Å². The first kappa shape index (κ1) is 17.9. The number of amides is 2. The Morgan fingerprint density at radius 3 is 2.57 bits per heavy atom. The summed E-state index contributed by atoms with van der Waals surface area (Å²) in [5.41, 5.74) is 0.696. The first-order valence-electron chi connectivity index (χ1n) is 7.62. The SMILES string of the molecule is CC(C)Sc1c(Cl)cccc1NC(=O)N1CCC(C(=O)O)CC1. The monoisotopic (exact) mass is 356 g/mol. The molecule has 0 aliphatic carbocycles. The molecule has 2 rings (SSSR count). The first-order chi connectivity index (χ1) is 10.9. The molecule has 126 valence electrons. The minimum absolute atomic E-state index is 0.207. The number of hydrogen-bond acceptors (Lipinski definition) is 3. The van der Waals surface area contributed by atoms with Crippen molar-refractivity contribution in [2.45, 2.75) is 36.8 Å². The van der Waals surface area contributed by atoms with Crippen molar-refractivity contribution in [3.63, 3.8) is 0 Å². The van der Waals surface area contributed by atoms with Crippen LogP contribution in [0.2, 0.25) is 5.02 Å². The highest BCUT2D eigenvalue weighted by molar-refractivity contribution is 8.00. The molecule has 2 amide bonds. The second-order valence-corrected chi connectivity index (χ2v) is 7.81. The van der Waals surface area contributed by atoms with Gasteiger partial charge in [0.2, 0.25) is 0 Å². The van der Waals surface area contributed by atoms with Crippen LogP contribution in [0, 0.1) is 5.92 Å². The van der Waals surface area contributed by atoms with Crippen LogP contribution in [0.4, 0.5) is 10.5 Å². The van der Waals surface area contributed by atoms with E-state index in [1.807, 2.05) is 6.07 Å². The lowest BCUT2D eigenvalue weighted by molar-refractivity contribution is -0.143. The zero-order chi connectivity index (χ0) is 17.0. The molecule has 0 unspecified atom stereocenters. The van der Waals surface area contributed by atoms with Gasteiger partial charge in [-0.1, -0.05) is 31.5 Å². The highest BCUT2D eigenvalue weighted by Crippen LogP contribution is 2.36. The second-order valence-electron chi connectivity index (χ2n) is 5.81. The number of halogens is 1. The van der Waals surface area contributed by atoms with Gasteiger partial charge in [0.1, 0.15) is 0 Å². The number of hydrogen-bond donors (Lipinski definition) is 2. The minimum Gasteiger partial charge on any atom is -0.481 e. The van der Waals surface area contributed by atoms with Gasteiger partial charge >= 0.3 is 12.0 Å². The first-order valence-corrected chi connectivity index (χ1v) is 8.88. The Hall–Kier alpha value is -1.40. The van der Waals surface area contributed by atoms with E-state index in [2.05, 4.69) is 19.2 Å². The normalized spacial score (nSPS) is 15.7. The molecule has 1 fully saturated rings. The van der Waals surface area contributed by atoms with Crippen LogP contribution in [-0.2, 0) is 4.79 Å². The Morgan fingerprint density at radius 1 is 1.35 bits per heavy atom. The topological polar surface area (TPSA) is 69.6 Å². The van der Waals surface area contributed by atoms with E-state index in [0.717, 1.165) is 4.90 Å². The largest absolute Gasteiger partial charge is 0.481 e. The number of carbonyl (C=O) groups is 2. The molecule has 1 aromatic carbocycles. The van der Waals surface area contributed by atoms with E-state index in [0.29, 0.717) is 41.9 Å². The molecule has 0 radical (unpaired) electrons. The summed E-state index contributed by atoms with van der Waals surface area (Å²) in [4.78, 5) is 25.9. The lowest BCUT2D eigenvalue weighted by atomic mass is 9.97. The lowest BCUT2D eigenvalue weighted by Gasteiger charge is -2.30. The van der Waals surface area contributed by atoms with E-state index in [4.69, 9.17) is 16.7 Å². The van der Waals surface area contributed by atoms with Crippen molar-refractivity contribution >= 4 is 41.1 Å². The van der Waals surface area contributed by atoms with E-state index in [9.17, 15) is 9.59 Å². The number of benzene rings is 1. The summed E-state index contributed by atoms with van der Waals surface area (Å²) in [5, 5.41) is 12.9. The Kier molecular flexibility index (Phi) is 6.18. The molecule has 1 aliphatic rings. The number of carboxylic acid groups (broad SMARTS) is 1. The number of likely N-dealkylation sites (tertiary alicyclic amines) is 1. The number of rotatable bonds is 4. The zero-order valence-corrected chi connectivity index (χ0v) is 14.8. The van der Waals surface area contributed by atoms with Gasteiger partial charge < -0.3 is 15.3 Å². The van der Waals surface area contributed by atoms with Gasteiger partial charge in [0, 0.05) is 23.2 Å². The average Bonchev–Trinajstić information content (AvgIpc) is 2.50. The molecule has 0 bridgehead atoms. The molecule has 1 saturated heterocycles. The maximum atomic E-state index is 12.4. The summed E-state index contributed by atoms with van der Waals surface area (Å²) in [6, 6.07) is 5.24. The maximum Gasteiger partial charge on any atom is 0.321 e. The molecule has 1 aromatic rings. The van der Waals surface area contributed by atoms with Crippen LogP contribution in [0.15, 0.2) is 23.1 Å². The fourth-order valence-electron chi connectivity index (χ4n) is 2.49. The van der Waals surface area contributed by atoms with Crippen LogP contribution in [0.1, 0.15) is 26.7 Å². The Labute approximate surface area is 145 Å². The summed E-state index contributed by atoms with van der Waals surface area (Å²) >= 11 is 7.85. The number of carboxylic acids is 1. The predicted octanol–water partition coefficient (Wildman–Crippen LogP) is 4.17. The number of thioether (sulfide) groups is 1. The molecule has 0 atom stereocenters. The quantitative estimate of drug-likeness (QED) is 0.794. The number of nitrogens with zero attached hydrogens (tertiary/aromatic N) is 1. The van der Waals surface area contributed by atoms with Gasteiger partial charge in [-0.15, -0.1) is 11.8 Å². The van der Waals surface area contributed by atoms with Crippen molar-refractivity contribution in [1.82, 2.24) is 4.90 Å². The summed E-state index contributed by atoms with van der Waals surface area (Å²) in [5.74, 6) is -1.13. The van der Waals surface area contributed by atoms with Gasteiger partial charge in [-0.05, 0) is 25.0 Å². The summed E-state index contributed by atoms with van der Waals surface area (Å²) in [6.45, 7) is 5.04. The lowest BCUT2D eigenvalue weighted by Crippen LogP contribution is -2.42. The number of urea groups is 1. The van der Waals surface area contributed by atoms with Gasteiger partial charge in [0.15, 0.2) is 0 Å². The van der Waals surface area contributed by atoms with Gasteiger partial charge in [-0.2, -0.15) is 0 Å². The summed E-state index contributed by atoms with van der Waals surface area (Å²) in [6.07, 6.45) is 0.984. The van der Waals surface area contributed by atoms with Crippen molar-refractivity contribution in [2.75, 3.05) is 18.4 Å². The molecule has 23 heavy (non-hydrogen) atoms. The third-order valence-electron chi connectivity index (χ3n) is 3.69. The van der Waals surface area contributed by atoms with Gasteiger partial charge in [0.25, 0.3) is 0 Å². The standard InChI is InChI=1S/C16H21ClN2O3S/c1-10(2)23-14-12(17)4-3-5-13(14)18-16(22)19-8-6-11(7-9-19)15(20)21/h3-5,10-11H,6-9H2,1-2H3,(H,18,22)(H,20,21). The van der Waals surface area contributed by atoms with E-state index in [1.165, 1.54) is 0 Å². The number of aliphatic carboxylic acids is 1. The van der Waals surface area contributed by atoms with Crippen LogP contribution < -0.4 is 5.32 Å². The molecule has 5 nitrogen and oxygen atoms in total. The Morgan fingerprint density at radius 2 is 2.00 bits per heavy atom. The molecular weight excluding hydrogens is 336 g/mol. The minimum atomic E-state index is -0.782. The van der Waals surface area contributed by atoms with Gasteiger partial charge in [-0.25, -0.2) is 4.79 Å². The van der Waals surface area contributed by atoms with Crippen molar-refractivity contribution < 1.29 is 14.7 Å². The number of anilines is 1. The zero-order valence-electron chi connectivity index (χ0n) is 13.2. The molecule has 1 heterocycles. The van der Waals surface area contributed by atoms with Gasteiger partial charge in [0.05, 0.1) is 16.6 Å². The van der Waals surface area contributed by atoms with Crippen LogP contribution in [-0.4, -0.2) is 40.3 Å². The number of nitrogens with one attached hydrogen (secondary N) is 1. The average molecular weight is 357 g/mol. The van der Waals surface area contributed by atoms with E-state index in [1.54, 1.807) is 28.8 Å². The fourth-order valence-corrected chi connectivity index (χ4v) is 3.69. The molecule has 0 spiro atoms. The second kappa shape index (κ2) is 7.93. The third-order valence-corrected chi connectivity index (χ3v) is 5.27. The third kappa shape index (κ3) is 4.78. The summed E-state index contributed by atoms with van der Waals surface area (Å²) in [7, 11) is 0.